The Morgan fingerprint density at radius 2 is 2.22 bits per heavy atom. The zero-order valence-corrected chi connectivity index (χ0v) is 5.94. The third kappa shape index (κ3) is 0.990. The van der Waals surface area contributed by atoms with Crippen LogP contribution in [-0.4, -0.2) is 18.5 Å². The van der Waals surface area contributed by atoms with Gasteiger partial charge >= 0.3 is 0 Å². The molecule has 0 unspecified atom stereocenters. The smallest absolute Gasteiger partial charge is 0.138 e. The molecule has 0 aromatic rings. The third-order valence-electron chi connectivity index (χ3n) is 2.12. The molecular formula is C7H12O2. The molecule has 0 aromatic carbocycles. The van der Waals surface area contributed by atoms with E-state index in [0.717, 1.165) is 6.42 Å². The second-order valence-electron chi connectivity index (χ2n) is 2.63. The van der Waals surface area contributed by atoms with Crippen molar-refractivity contribution in [2.75, 3.05) is 7.11 Å². The first kappa shape index (κ1) is 6.75. The third-order valence-corrected chi connectivity index (χ3v) is 2.12. The molecule has 0 spiro atoms. The maximum atomic E-state index is 10.6. The lowest BCUT2D eigenvalue weighted by atomic mass is 9.77. The van der Waals surface area contributed by atoms with Gasteiger partial charge in [0.1, 0.15) is 5.78 Å². The summed E-state index contributed by atoms with van der Waals surface area (Å²) >= 11 is 0. The first-order valence-electron chi connectivity index (χ1n) is 3.29. The molecule has 0 aromatic heterocycles. The van der Waals surface area contributed by atoms with Crippen LogP contribution >= 0.6 is 0 Å². The number of rotatable bonds is 2. The summed E-state index contributed by atoms with van der Waals surface area (Å²) < 4.78 is 5.17. The Labute approximate surface area is 55.2 Å². The van der Waals surface area contributed by atoms with E-state index in [2.05, 4.69) is 6.92 Å². The van der Waals surface area contributed by atoms with Crippen molar-refractivity contribution in [2.24, 2.45) is 0 Å². The predicted molar refractivity (Wildman–Crippen MR) is 34.3 cm³/mol. The Bertz CT molecular complexity index is 115. The molecular weight excluding hydrogens is 116 g/mol. The Morgan fingerprint density at radius 3 is 2.33 bits per heavy atom. The number of methoxy groups -OCH3 is 1. The van der Waals surface area contributed by atoms with Gasteiger partial charge in [-0.25, -0.2) is 0 Å². The minimum Gasteiger partial charge on any atom is -0.377 e. The van der Waals surface area contributed by atoms with Gasteiger partial charge in [0.15, 0.2) is 0 Å². The van der Waals surface area contributed by atoms with Gasteiger partial charge in [0.2, 0.25) is 0 Å². The van der Waals surface area contributed by atoms with E-state index in [1.165, 1.54) is 0 Å². The van der Waals surface area contributed by atoms with Crippen molar-refractivity contribution in [3.05, 3.63) is 0 Å². The van der Waals surface area contributed by atoms with Gasteiger partial charge in [-0.05, 0) is 6.42 Å². The first-order chi connectivity index (χ1) is 4.22. The van der Waals surface area contributed by atoms with Gasteiger partial charge in [-0.1, -0.05) is 6.92 Å². The SMILES string of the molecule is CCC1(OC)CC(=O)C1. The predicted octanol–water partition coefficient (Wildman–Crippen LogP) is 1.14. The van der Waals surface area contributed by atoms with Crippen LogP contribution in [0.2, 0.25) is 0 Å². The van der Waals surface area contributed by atoms with Crippen LogP contribution in [0.1, 0.15) is 26.2 Å². The summed E-state index contributed by atoms with van der Waals surface area (Å²) in [6.45, 7) is 2.05. The molecule has 9 heavy (non-hydrogen) atoms. The van der Waals surface area contributed by atoms with Gasteiger partial charge in [-0.3, -0.25) is 4.79 Å². The van der Waals surface area contributed by atoms with E-state index in [1.54, 1.807) is 7.11 Å². The number of Topliss-reactive ketones (excluding diaryl/α,β-unsaturated/α-hetero) is 1. The van der Waals surface area contributed by atoms with Crippen molar-refractivity contribution < 1.29 is 9.53 Å². The lowest BCUT2D eigenvalue weighted by Crippen LogP contribution is -2.45. The summed E-state index contributed by atoms with van der Waals surface area (Å²) in [4.78, 5) is 10.6. The highest BCUT2D eigenvalue weighted by molar-refractivity contribution is 5.87. The second-order valence-corrected chi connectivity index (χ2v) is 2.63. The van der Waals surface area contributed by atoms with Crippen LogP contribution in [0.3, 0.4) is 0 Å². The molecule has 1 fully saturated rings. The van der Waals surface area contributed by atoms with Gasteiger partial charge < -0.3 is 4.74 Å². The van der Waals surface area contributed by atoms with Crippen molar-refractivity contribution in [3.8, 4) is 0 Å². The van der Waals surface area contributed by atoms with Gasteiger partial charge in [-0.15, -0.1) is 0 Å². The van der Waals surface area contributed by atoms with Crippen LogP contribution < -0.4 is 0 Å². The molecule has 1 rings (SSSR count). The van der Waals surface area contributed by atoms with Crippen LogP contribution in [0, 0.1) is 0 Å². The van der Waals surface area contributed by atoms with Crippen LogP contribution in [0.15, 0.2) is 0 Å². The van der Waals surface area contributed by atoms with Crippen LogP contribution in [-0.2, 0) is 9.53 Å². The molecule has 2 nitrogen and oxygen atoms in total. The molecule has 0 N–H and O–H groups in total. The maximum Gasteiger partial charge on any atom is 0.138 e. The number of hydrogen-bond donors (Lipinski definition) is 0. The van der Waals surface area contributed by atoms with Gasteiger partial charge in [0.05, 0.1) is 5.60 Å². The van der Waals surface area contributed by atoms with Crippen molar-refractivity contribution >= 4 is 5.78 Å². The summed E-state index contributed by atoms with van der Waals surface area (Å²) in [5, 5.41) is 0. The largest absolute Gasteiger partial charge is 0.377 e. The molecule has 0 atom stereocenters. The summed E-state index contributed by atoms with van der Waals surface area (Å²) in [6.07, 6.45) is 2.20. The topological polar surface area (TPSA) is 26.3 Å². The zero-order chi connectivity index (χ0) is 6.91. The van der Waals surface area contributed by atoms with E-state index in [1.807, 2.05) is 0 Å². The van der Waals surface area contributed by atoms with Gasteiger partial charge in [0, 0.05) is 20.0 Å². The molecule has 0 saturated heterocycles. The minimum atomic E-state index is -0.0723. The fourth-order valence-electron chi connectivity index (χ4n) is 1.21. The zero-order valence-electron chi connectivity index (χ0n) is 5.94. The van der Waals surface area contributed by atoms with Gasteiger partial charge in [-0.2, -0.15) is 0 Å². The number of ether oxygens (including phenoxy) is 1. The summed E-state index contributed by atoms with van der Waals surface area (Å²) in [7, 11) is 1.68. The normalized spacial score (nSPS) is 23.6. The lowest BCUT2D eigenvalue weighted by molar-refractivity contribution is -0.147. The van der Waals surface area contributed by atoms with Crippen molar-refractivity contribution in [3.63, 3.8) is 0 Å². The van der Waals surface area contributed by atoms with E-state index in [4.69, 9.17) is 4.74 Å². The molecule has 1 aliphatic carbocycles. The molecule has 2 heteroatoms. The molecule has 1 saturated carbocycles. The highest BCUT2D eigenvalue weighted by Gasteiger charge is 2.41. The average Bonchev–Trinajstić information content (AvgIpc) is 1.81. The standard InChI is InChI=1S/C7H12O2/c1-3-7(9-2)4-6(8)5-7/h3-5H2,1-2H3. The van der Waals surface area contributed by atoms with Crippen LogP contribution in [0.4, 0.5) is 0 Å². The van der Waals surface area contributed by atoms with E-state index in [9.17, 15) is 4.79 Å². The fraction of sp³-hybridized carbons (Fsp3) is 0.857. The lowest BCUT2D eigenvalue weighted by Gasteiger charge is -2.37. The monoisotopic (exact) mass is 128 g/mol. The second kappa shape index (κ2) is 2.10. The molecule has 0 bridgehead atoms. The quantitative estimate of drug-likeness (QED) is 0.557. The minimum absolute atomic E-state index is 0.0723. The summed E-state index contributed by atoms with van der Waals surface area (Å²) in [5.74, 6) is 0.332. The Hall–Kier alpha value is -0.370. The highest BCUT2D eigenvalue weighted by atomic mass is 16.5. The molecule has 0 radical (unpaired) electrons. The number of hydrogen-bond acceptors (Lipinski definition) is 2. The van der Waals surface area contributed by atoms with Crippen molar-refractivity contribution in [2.45, 2.75) is 31.8 Å². The van der Waals surface area contributed by atoms with Crippen LogP contribution in [0.25, 0.3) is 0 Å². The van der Waals surface area contributed by atoms with E-state index >= 15 is 0 Å². The maximum absolute atomic E-state index is 10.6. The van der Waals surface area contributed by atoms with Crippen molar-refractivity contribution in [1.82, 2.24) is 0 Å². The molecule has 1 aliphatic rings. The Balaban J connectivity index is 2.44. The number of ketones is 1. The Morgan fingerprint density at radius 1 is 1.67 bits per heavy atom. The number of carbonyl (C=O) groups excluding carboxylic acids is 1. The number of carbonyl (C=O) groups is 1. The summed E-state index contributed by atoms with van der Waals surface area (Å²) in [6, 6.07) is 0. The van der Waals surface area contributed by atoms with E-state index in [-0.39, 0.29) is 5.60 Å². The molecule has 0 heterocycles. The van der Waals surface area contributed by atoms with Crippen LogP contribution in [0.5, 0.6) is 0 Å². The average molecular weight is 128 g/mol. The molecule has 0 aliphatic heterocycles. The van der Waals surface area contributed by atoms with E-state index in [0.29, 0.717) is 18.6 Å². The van der Waals surface area contributed by atoms with E-state index < -0.39 is 0 Å². The van der Waals surface area contributed by atoms with Gasteiger partial charge in [0.25, 0.3) is 0 Å². The van der Waals surface area contributed by atoms with Crippen molar-refractivity contribution in [1.29, 1.82) is 0 Å². The fourth-order valence-corrected chi connectivity index (χ4v) is 1.21. The summed E-state index contributed by atoms with van der Waals surface area (Å²) in [5.41, 5.74) is -0.0723. The molecule has 0 amide bonds. The Kier molecular flexibility index (Phi) is 1.58. The highest BCUT2D eigenvalue weighted by Crippen LogP contribution is 2.34. The first-order valence-corrected chi connectivity index (χ1v) is 3.29. The molecule has 52 valence electrons.